The molecule has 3 unspecified atom stereocenters. The van der Waals surface area contributed by atoms with E-state index in [9.17, 15) is 31.1 Å². The summed E-state index contributed by atoms with van der Waals surface area (Å²) < 4.78 is 80.1. The predicted molar refractivity (Wildman–Crippen MR) is 127 cm³/mol. The second-order valence-corrected chi connectivity index (χ2v) is 11.7. The van der Waals surface area contributed by atoms with Gasteiger partial charge in [-0.2, -0.15) is 26.3 Å². The number of amides is 1. The van der Waals surface area contributed by atoms with Gasteiger partial charge >= 0.3 is 12.4 Å². The first-order valence-electron chi connectivity index (χ1n) is 13.6. The minimum atomic E-state index is -4.63. The van der Waals surface area contributed by atoms with Gasteiger partial charge in [-0.15, -0.1) is 0 Å². The fourth-order valence-corrected chi connectivity index (χ4v) is 6.71. The lowest BCUT2D eigenvalue weighted by atomic mass is 9.73. The first kappa shape index (κ1) is 29.5. The molecule has 3 aliphatic rings. The average molecular weight is 528 g/mol. The van der Waals surface area contributed by atoms with Gasteiger partial charge in [0, 0.05) is 32.7 Å². The normalized spacial score (nSPS) is 28.9. The molecule has 0 aromatic heterocycles. The fourth-order valence-electron chi connectivity index (χ4n) is 6.71. The lowest BCUT2D eigenvalue weighted by Crippen LogP contribution is -2.55. The maximum absolute atomic E-state index is 13.7. The van der Waals surface area contributed by atoms with Crippen molar-refractivity contribution in [3.63, 3.8) is 0 Å². The molecule has 10 heteroatoms. The molecular formula is C26H43F6N3O. The van der Waals surface area contributed by atoms with Crippen LogP contribution in [0.3, 0.4) is 0 Å². The molecule has 1 saturated heterocycles. The Labute approximate surface area is 211 Å². The molecular weight excluding hydrogens is 484 g/mol. The summed E-state index contributed by atoms with van der Waals surface area (Å²) in [5.41, 5.74) is 0. The third kappa shape index (κ3) is 7.74. The average Bonchev–Trinajstić information content (AvgIpc) is 2.82. The molecule has 3 atom stereocenters. The molecule has 1 heterocycles. The lowest BCUT2D eigenvalue weighted by Gasteiger charge is -2.44. The minimum absolute atomic E-state index is 0.0271. The topological polar surface area (TPSA) is 26.8 Å². The number of likely N-dealkylation sites (N-methyl/N-ethyl adjacent to an activating group) is 1. The Bertz CT molecular complexity index is 677. The van der Waals surface area contributed by atoms with Crippen LogP contribution >= 0.6 is 0 Å². The standard InChI is InChI=1S/C26H43F6N3O/c1-33(2)22-10-13-35(14-11-22)23(19-7-5-4-6-8-19)24(36)34(3)12-9-18-15-20(25(27,28)29)17-21(16-18)26(30,31)32/h18-23H,4-17H2,1-3H3. The third-order valence-electron chi connectivity index (χ3n) is 8.95. The van der Waals surface area contributed by atoms with E-state index < -0.39 is 36.5 Å². The summed E-state index contributed by atoms with van der Waals surface area (Å²) >= 11 is 0. The summed E-state index contributed by atoms with van der Waals surface area (Å²) in [5.74, 6) is -4.34. The molecule has 4 nitrogen and oxygen atoms in total. The van der Waals surface area contributed by atoms with Gasteiger partial charge in [-0.3, -0.25) is 9.69 Å². The van der Waals surface area contributed by atoms with Crippen LogP contribution in [0.25, 0.3) is 0 Å². The van der Waals surface area contributed by atoms with Crippen LogP contribution in [0, 0.1) is 23.7 Å². The van der Waals surface area contributed by atoms with Crippen molar-refractivity contribution in [3.05, 3.63) is 0 Å². The van der Waals surface area contributed by atoms with Crippen molar-refractivity contribution in [2.24, 2.45) is 23.7 Å². The largest absolute Gasteiger partial charge is 0.391 e. The highest BCUT2D eigenvalue weighted by atomic mass is 19.4. The van der Waals surface area contributed by atoms with Gasteiger partial charge in [0.1, 0.15) is 0 Å². The summed E-state index contributed by atoms with van der Waals surface area (Å²) in [6, 6.07) is 0.228. The van der Waals surface area contributed by atoms with Crippen LogP contribution in [0.2, 0.25) is 0 Å². The highest BCUT2D eigenvalue weighted by Gasteiger charge is 2.51. The third-order valence-corrected chi connectivity index (χ3v) is 8.95. The van der Waals surface area contributed by atoms with Crippen molar-refractivity contribution in [3.8, 4) is 0 Å². The van der Waals surface area contributed by atoms with E-state index >= 15 is 0 Å². The van der Waals surface area contributed by atoms with E-state index in [1.165, 1.54) is 6.42 Å². The van der Waals surface area contributed by atoms with E-state index in [2.05, 4.69) is 23.9 Å². The number of alkyl halides is 6. The Morgan fingerprint density at radius 2 is 1.36 bits per heavy atom. The van der Waals surface area contributed by atoms with Crippen LogP contribution in [0.5, 0.6) is 0 Å². The number of carbonyl (C=O) groups excluding carboxylic acids is 1. The molecule has 0 spiro atoms. The second-order valence-electron chi connectivity index (χ2n) is 11.7. The summed E-state index contributed by atoms with van der Waals surface area (Å²) in [4.78, 5) is 19.8. The maximum atomic E-state index is 13.7. The quantitative estimate of drug-likeness (QED) is 0.382. The Hall–Kier alpha value is -1.03. The zero-order valence-electron chi connectivity index (χ0n) is 21.9. The molecule has 2 aliphatic carbocycles. The monoisotopic (exact) mass is 527 g/mol. The van der Waals surface area contributed by atoms with E-state index in [1.807, 2.05) is 0 Å². The van der Waals surface area contributed by atoms with Crippen LogP contribution in [-0.4, -0.2) is 85.8 Å². The van der Waals surface area contributed by atoms with Gasteiger partial charge in [0.15, 0.2) is 0 Å². The van der Waals surface area contributed by atoms with Crippen molar-refractivity contribution in [2.75, 3.05) is 40.8 Å². The van der Waals surface area contributed by atoms with Crippen molar-refractivity contribution in [2.45, 2.75) is 95.1 Å². The molecule has 1 aliphatic heterocycles. The van der Waals surface area contributed by atoms with Gasteiger partial charge in [-0.05, 0) is 77.3 Å². The molecule has 3 rings (SSSR count). The van der Waals surface area contributed by atoms with Gasteiger partial charge in [-0.25, -0.2) is 0 Å². The van der Waals surface area contributed by atoms with Gasteiger partial charge < -0.3 is 9.80 Å². The molecule has 0 radical (unpaired) electrons. The SMILES string of the molecule is CN(CCC1CC(C(F)(F)F)CC(C(F)(F)F)C1)C(=O)C(C1CCCCC1)N1CCC(N(C)C)CC1. The van der Waals surface area contributed by atoms with Crippen LogP contribution in [0.15, 0.2) is 0 Å². The summed E-state index contributed by atoms with van der Waals surface area (Å²) in [6.07, 6.45) is -3.28. The molecule has 210 valence electrons. The van der Waals surface area contributed by atoms with E-state index in [-0.39, 0.29) is 43.7 Å². The molecule has 36 heavy (non-hydrogen) atoms. The number of carbonyl (C=O) groups is 1. The number of likely N-dealkylation sites (tertiary alicyclic amines) is 1. The van der Waals surface area contributed by atoms with Crippen molar-refractivity contribution in [1.29, 1.82) is 0 Å². The molecule has 1 amide bonds. The molecule has 0 aromatic rings. The van der Waals surface area contributed by atoms with Gasteiger partial charge in [0.25, 0.3) is 0 Å². The number of hydrogen-bond acceptors (Lipinski definition) is 3. The van der Waals surface area contributed by atoms with Crippen LogP contribution in [-0.2, 0) is 4.79 Å². The molecule has 3 fully saturated rings. The molecule has 2 saturated carbocycles. The van der Waals surface area contributed by atoms with Crippen LogP contribution in [0.4, 0.5) is 26.3 Å². The van der Waals surface area contributed by atoms with E-state index in [0.717, 1.165) is 51.6 Å². The summed E-state index contributed by atoms with van der Waals surface area (Å²) in [6.45, 7) is 1.84. The summed E-state index contributed by atoms with van der Waals surface area (Å²) in [7, 11) is 5.79. The predicted octanol–water partition coefficient (Wildman–Crippen LogP) is 5.97. The van der Waals surface area contributed by atoms with Crippen molar-refractivity contribution in [1.82, 2.24) is 14.7 Å². The Kier molecular flexibility index (Phi) is 10.0. The molecule has 0 N–H and O–H groups in total. The second kappa shape index (κ2) is 12.2. The number of hydrogen-bond donors (Lipinski definition) is 0. The van der Waals surface area contributed by atoms with Gasteiger partial charge in [0.2, 0.25) is 5.91 Å². The first-order valence-corrected chi connectivity index (χ1v) is 13.6. The van der Waals surface area contributed by atoms with Crippen molar-refractivity contribution >= 4 is 5.91 Å². The number of piperidine rings is 1. The fraction of sp³-hybridized carbons (Fsp3) is 0.962. The highest BCUT2D eigenvalue weighted by Crippen LogP contribution is 2.48. The minimum Gasteiger partial charge on any atom is -0.344 e. The smallest absolute Gasteiger partial charge is 0.344 e. The Morgan fingerprint density at radius 3 is 1.83 bits per heavy atom. The van der Waals surface area contributed by atoms with Crippen LogP contribution in [0.1, 0.15) is 70.6 Å². The van der Waals surface area contributed by atoms with Gasteiger partial charge in [-0.1, -0.05) is 19.3 Å². The number of rotatable bonds is 7. The van der Waals surface area contributed by atoms with Crippen LogP contribution < -0.4 is 0 Å². The highest BCUT2D eigenvalue weighted by molar-refractivity contribution is 5.82. The zero-order chi connectivity index (χ0) is 26.7. The Morgan fingerprint density at radius 1 is 0.833 bits per heavy atom. The number of halogens is 6. The Balaban J connectivity index is 1.65. The van der Waals surface area contributed by atoms with Crippen molar-refractivity contribution < 1.29 is 31.1 Å². The lowest BCUT2D eigenvalue weighted by molar-refractivity contribution is -0.229. The maximum Gasteiger partial charge on any atom is 0.391 e. The zero-order valence-corrected chi connectivity index (χ0v) is 21.9. The van der Waals surface area contributed by atoms with E-state index in [1.54, 1.807) is 11.9 Å². The first-order chi connectivity index (χ1) is 16.8. The van der Waals surface area contributed by atoms with Gasteiger partial charge in [0.05, 0.1) is 17.9 Å². The van der Waals surface area contributed by atoms with E-state index in [4.69, 9.17) is 0 Å². The van der Waals surface area contributed by atoms with E-state index in [0.29, 0.717) is 6.04 Å². The molecule has 0 aromatic carbocycles. The summed E-state index contributed by atoms with van der Waals surface area (Å²) in [5, 5.41) is 0. The molecule has 0 bridgehead atoms. The number of nitrogens with zero attached hydrogens (tertiary/aromatic N) is 3.